The molecule has 80 valence electrons. The van der Waals surface area contributed by atoms with Crippen LogP contribution in [0.1, 0.15) is 20.3 Å². The Hall–Kier alpha value is 0.0400. The van der Waals surface area contributed by atoms with Crippen LogP contribution in [0.15, 0.2) is 0 Å². The van der Waals surface area contributed by atoms with Gasteiger partial charge in [-0.2, -0.15) is 13.2 Å². The van der Waals surface area contributed by atoms with Gasteiger partial charge in [-0.25, -0.2) is 0 Å². The summed E-state index contributed by atoms with van der Waals surface area (Å²) in [5.41, 5.74) is 0. The molecule has 0 amide bonds. The summed E-state index contributed by atoms with van der Waals surface area (Å²) in [5.74, 6) is 0.278. The summed E-state index contributed by atoms with van der Waals surface area (Å²) in [7, 11) is 0. The van der Waals surface area contributed by atoms with Gasteiger partial charge >= 0.3 is 6.18 Å². The van der Waals surface area contributed by atoms with Gasteiger partial charge in [0.1, 0.15) is 0 Å². The van der Waals surface area contributed by atoms with Crippen LogP contribution in [-0.2, 0) is 0 Å². The van der Waals surface area contributed by atoms with E-state index in [-0.39, 0.29) is 17.8 Å². The smallest absolute Gasteiger partial charge is 0.315 e. The van der Waals surface area contributed by atoms with Crippen LogP contribution < -0.4 is 5.32 Å². The van der Waals surface area contributed by atoms with Crippen molar-refractivity contribution in [3.63, 3.8) is 0 Å². The first kappa shape index (κ1) is 13.0. The molecule has 0 saturated carbocycles. The van der Waals surface area contributed by atoms with Crippen LogP contribution in [-0.4, -0.2) is 24.6 Å². The molecule has 0 fully saturated rings. The predicted octanol–water partition coefficient (Wildman–Crippen LogP) is 2.79. The highest BCUT2D eigenvalue weighted by Crippen LogP contribution is 2.18. The van der Waals surface area contributed by atoms with E-state index in [1.807, 2.05) is 13.8 Å². The predicted molar refractivity (Wildman–Crippen MR) is 48.0 cm³/mol. The Morgan fingerprint density at radius 1 is 1.31 bits per heavy atom. The molecule has 1 atom stereocenters. The minimum Gasteiger partial charge on any atom is -0.315 e. The third-order valence-corrected chi connectivity index (χ3v) is 2.31. The van der Waals surface area contributed by atoms with Crippen molar-refractivity contribution in [2.45, 2.75) is 31.8 Å². The first-order valence-corrected chi connectivity index (χ1v) is 4.68. The molecule has 0 heterocycles. The Labute approximate surface area is 81.6 Å². The molecule has 0 radical (unpaired) electrons. The van der Waals surface area contributed by atoms with Crippen molar-refractivity contribution in [3.05, 3.63) is 0 Å². The van der Waals surface area contributed by atoms with Crippen molar-refractivity contribution in [2.75, 3.05) is 13.1 Å². The Morgan fingerprint density at radius 2 is 1.85 bits per heavy atom. The number of halogens is 4. The molecule has 1 nitrogen and oxygen atoms in total. The van der Waals surface area contributed by atoms with E-state index in [9.17, 15) is 13.2 Å². The van der Waals surface area contributed by atoms with Gasteiger partial charge in [0.25, 0.3) is 0 Å². The van der Waals surface area contributed by atoms with Gasteiger partial charge in [0.2, 0.25) is 0 Å². The van der Waals surface area contributed by atoms with Crippen molar-refractivity contribution in [2.24, 2.45) is 5.92 Å². The van der Waals surface area contributed by atoms with Crippen molar-refractivity contribution < 1.29 is 13.2 Å². The average molecular weight is 218 g/mol. The lowest BCUT2D eigenvalue weighted by Crippen LogP contribution is -2.29. The summed E-state index contributed by atoms with van der Waals surface area (Å²) >= 11 is 5.82. The first-order valence-electron chi connectivity index (χ1n) is 4.24. The van der Waals surface area contributed by atoms with Crippen LogP contribution in [0.25, 0.3) is 0 Å². The molecule has 13 heavy (non-hydrogen) atoms. The number of alkyl halides is 4. The van der Waals surface area contributed by atoms with Crippen molar-refractivity contribution in [1.29, 1.82) is 0 Å². The van der Waals surface area contributed by atoms with Crippen molar-refractivity contribution >= 4 is 11.6 Å². The maximum Gasteiger partial charge on any atom is 0.390 e. The minimum absolute atomic E-state index is 0.0561. The number of hydrogen-bond acceptors (Lipinski definition) is 1. The topological polar surface area (TPSA) is 12.0 Å². The fourth-order valence-electron chi connectivity index (χ4n) is 0.706. The Morgan fingerprint density at radius 3 is 2.23 bits per heavy atom. The van der Waals surface area contributed by atoms with Gasteiger partial charge in [-0.1, -0.05) is 13.8 Å². The maximum absolute atomic E-state index is 11.7. The standard InChI is InChI=1S/C8H15ClF3N/c1-6(2)7(9)5-13-4-3-8(10,11)12/h6-7,13H,3-5H2,1-2H3. The monoisotopic (exact) mass is 217 g/mol. The van der Waals surface area contributed by atoms with Gasteiger partial charge in [-0.05, 0) is 5.92 Å². The lowest BCUT2D eigenvalue weighted by Gasteiger charge is -2.14. The Balaban J connectivity index is 3.36. The molecule has 0 aliphatic heterocycles. The average Bonchev–Trinajstić information content (AvgIpc) is 1.95. The van der Waals surface area contributed by atoms with Gasteiger partial charge in [-0.15, -0.1) is 11.6 Å². The third-order valence-electron chi connectivity index (χ3n) is 1.65. The molecule has 0 aromatic carbocycles. The van der Waals surface area contributed by atoms with Crippen molar-refractivity contribution in [1.82, 2.24) is 5.32 Å². The molecule has 0 aliphatic rings. The summed E-state index contributed by atoms with van der Waals surface area (Å²) < 4.78 is 35.0. The maximum atomic E-state index is 11.7. The zero-order chi connectivity index (χ0) is 10.5. The van der Waals surface area contributed by atoms with Gasteiger partial charge in [0, 0.05) is 18.5 Å². The highest BCUT2D eigenvalue weighted by molar-refractivity contribution is 6.20. The van der Waals surface area contributed by atoms with E-state index in [2.05, 4.69) is 5.32 Å². The van der Waals surface area contributed by atoms with E-state index in [0.29, 0.717) is 6.54 Å². The molecule has 0 rings (SSSR count). The fraction of sp³-hybridized carbons (Fsp3) is 1.00. The van der Waals surface area contributed by atoms with Crippen molar-refractivity contribution in [3.8, 4) is 0 Å². The molecule has 0 bridgehead atoms. The second-order valence-corrected chi connectivity index (χ2v) is 3.89. The van der Waals surface area contributed by atoms with E-state index < -0.39 is 12.6 Å². The molecule has 0 aromatic heterocycles. The molecular weight excluding hydrogens is 203 g/mol. The van der Waals surface area contributed by atoms with E-state index in [1.54, 1.807) is 0 Å². The quantitative estimate of drug-likeness (QED) is 0.552. The number of nitrogens with one attached hydrogen (secondary N) is 1. The van der Waals surface area contributed by atoms with Crippen LogP contribution in [0.2, 0.25) is 0 Å². The molecule has 5 heteroatoms. The minimum atomic E-state index is -4.08. The molecule has 0 aromatic rings. The van der Waals surface area contributed by atoms with Crippen LogP contribution >= 0.6 is 11.6 Å². The zero-order valence-corrected chi connectivity index (χ0v) is 8.54. The SMILES string of the molecule is CC(C)C(Cl)CNCCC(F)(F)F. The van der Waals surface area contributed by atoms with Gasteiger partial charge in [0.05, 0.1) is 6.42 Å². The highest BCUT2D eigenvalue weighted by atomic mass is 35.5. The van der Waals surface area contributed by atoms with E-state index in [1.165, 1.54) is 0 Å². The van der Waals surface area contributed by atoms with E-state index in [0.717, 1.165) is 0 Å². The molecular formula is C8H15ClF3N. The molecule has 0 aliphatic carbocycles. The van der Waals surface area contributed by atoms with E-state index >= 15 is 0 Å². The van der Waals surface area contributed by atoms with Gasteiger partial charge in [0.15, 0.2) is 0 Å². The highest BCUT2D eigenvalue weighted by Gasteiger charge is 2.26. The molecule has 0 spiro atoms. The van der Waals surface area contributed by atoms with Gasteiger partial charge < -0.3 is 5.32 Å². The van der Waals surface area contributed by atoms with Crippen LogP contribution in [0, 0.1) is 5.92 Å². The summed E-state index contributed by atoms with van der Waals surface area (Å²) in [6, 6.07) is 0. The number of rotatable bonds is 5. The first-order chi connectivity index (χ1) is 5.83. The zero-order valence-electron chi connectivity index (χ0n) is 7.79. The lowest BCUT2D eigenvalue weighted by molar-refractivity contribution is -0.133. The number of hydrogen-bond donors (Lipinski definition) is 1. The van der Waals surface area contributed by atoms with Crippen LogP contribution in [0.4, 0.5) is 13.2 Å². The summed E-state index contributed by atoms with van der Waals surface area (Å²) in [4.78, 5) is 0. The lowest BCUT2D eigenvalue weighted by atomic mass is 10.1. The Kier molecular flexibility index (Phi) is 5.72. The fourth-order valence-corrected chi connectivity index (χ4v) is 0.815. The normalized spacial score (nSPS) is 15.0. The van der Waals surface area contributed by atoms with E-state index in [4.69, 9.17) is 11.6 Å². The molecule has 1 unspecified atom stereocenters. The molecule has 0 saturated heterocycles. The summed E-state index contributed by atoms with van der Waals surface area (Å²) in [5, 5.41) is 2.57. The van der Waals surface area contributed by atoms with Crippen LogP contribution in [0.5, 0.6) is 0 Å². The van der Waals surface area contributed by atoms with Crippen LogP contribution in [0.3, 0.4) is 0 Å². The largest absolute Gasteiger partial charge is 0.390 e. The second-order valence-electron chi connectivity index (χ2n) is 3.33. The molecule has 1 N–H and O–H groups in total. The third kappa shape index (κ3) is 8.37. The van der Waals surface area contributed by atoms with Gasteiger partial charge in [-0.3, -0.25) is 0 Å². The summed E-state index contributed by atoms with van der Waals surface area (Å²) in [6.07, 6.45) is -4.87. The summed E-state index contributed by atoms with van der Waals surface area (Å²) in [6.45, 7) is 4.24. The Bertz CT molecular complexity index is 136. The second kappa shape index (κ2) is 5.70.